The van der Waals surface area contributed by atoms with Gasteiger partial charge in [0, 0.05) is 0 Å². The summed E-state index contributed by atoms with van der Waals surface area (Å²) in [4.78, 5) is 14.4. The summed E-state index contributed by atoms with van der Waals surface area (Å²) in [6.45, 7) is 0. The van der Waals surface area contributed by atoms with Gasteiger partial charge in [-0.1, -0.05) is 0 Å². The Bertz CT molecular complexity index is 384. The molecule has 0 spiro atoms. The molecule has 4 nitrogen and oxygen atoms in total. The van der Waals surface area contributed by atoms with E-state index in [-0.39, 0.29) is 11.3 Å². The number of nitrogens with zero attached hydrogens (tertiary/aromatic N) is 2. The van der Waals surface area contributed by atoms with E-state index in [1.54, 1.807) is 6.07 Å². The Morgan fingerprint density at radius 1 is 1.77 bits per heavy atom. The summed E-state index contributed by atoms with van der Waals surface area (Å²) < 4.78 is 16.9. The van der Waals surface area contributed by atoms with Gasteiger partial charge in [-0.05, 0) is 6.07 Å². The van der Waals surface area contributed by atoms with E-state index in [2.05, 4.69) is 9.72 Å². The fraction of sp³-hybridized carbons (Fsp3) is 0.125. The molecule has 1 aromatic rings. The number of nitriles is 1. The van der Waals surface area contributed by atoms with Gasteiger partial charge in [0.25, 0.3) is 0 Å². The van der Waals surface area contributed by atoms with Crippen LogP contribution in [0.3, 0.4) is 0 Å². The Morgan fingerprint density at radius 3 is 3.00 bits per heavy atom. The summed E-state index contributed by atoms with van der Waals surface area (Å²) in [6.07, 6.45) is 0.866. The fourth-order valence-electron chi connectivity index (χ4n) is 0.794. The second kappa shape index (κ2) is 3.63. The van der Waals surface area contributed by atoms with Gasteiger partial charge in [-0.15, -0.1) is 0 Å². The molecule has 0 aliphatic heterocycles. The van der Waals surface area contributed by atoms with Gasteiger partial charge in [-0.3, -0.25) is 0 Å². The van der Waals surface area contributed by atoms with Gasteiger partial charge < -0.3 is 4.74 Å². The van der Waals surface area contributed by atoms with Crippen LogP contribution in [0.4, 0.5) is 4.39 Å². The molecule has 0 saturated carbocycles. The number of aromatic nitrogens is 1. The molecule has 1 aromatic heterocycles. The highest BCUT2D eigenvalue weighted by Gasteiger charge is 2.13. The maximum absolute atomic E-state index is 12.6. The van der Waals surface area contributed by atoms with Crippen LogP contribution in [0.5, 0.6) is 0 Å². The van der Waals surface area contributed by atoms with E-state index in [0.717, 1.165) is 19.4 Å². The van der Waals surface area contributed by atoms with Crippen molar-refractivity contribution in [3.8, 4) is 6.07 Å². The Labute approximate surface area is 73.6 Å². The van der Waals surface area contributed by atoms with E-state index in [4.69, 9.17) is 5.26 Å². The van der Waals surface area contributed by atoms with Gasteiger partial charge in [0.2, 0.25) is 0 Å². The number of carbonyl (C=O) groups is 1. The van der Waals surface area contributed by atoms with Crippen molar-refractivity contribution in [1.29, 1.82) is 5.26 Å². The number of esters is 1. The van der Waals surface area contributed by atoms with Gasteiger partial charge in [0.05, 0.1) is 18.9 Å². The molecule has 0 amide bonds. The van der Waals surface area contributed by atoms with Crippen molar-refractivity contribution in [2.24, 2.45) is 0 Å². The molecule has 66 valence electrons. The Balaban J connectivity index is 3.25. The third-order valence-corrected chi connectivity index (χ3v) is 1.37. The maximum Gasteiger partial charge on any atom is 0.340 e. The van der Waals surface area contributed by atoms with Crippen LogP contribution >= 0.6 is 0 Å². The normalized spacial score (nSPS) is 9.00. The molecule has 1 rings (SSSR count). The van der Waals surface area contributed by atoms with Crippen molar-refractivity contribution >= 4 is 5.97 Å². The van der Waals surface area contributed by atoms with Gasteiger partial charge in [-0.2, -0.15) is 5.26 Å². The minimum Gasteiger partial charge on any atom is -0.465 e. The predicted octanol–water partition coefficient (Wildman–Crippen LogP) is 0.879. The lowest BCUT2D eigenvalue weighted by Gasteiger charge is -1.99. The van der Waals surface area contributed by atoms with Crippen molar-refractivity contribution in [2.75, 3.05) is 7.11 Å². The quantitative estimate of drug-likeness (QED) is 0.602. The van der Waals surface area contributed by atoms with Crippen molar-refractivity contribution < 1.29 is 13.9 Å². The summed E-state index contributed by atoms with van der Waals surface area (Å²) in [5, 5.41) is 8.51. The zero-order chi connectivity index (χ0) is 9.84. The lowest BCUT2D eigenvalue weighted by Crippen LogP contribution is -2.06. The number of halogens is 1. The highest BCUT2D eigenvalue weighted by atomic mass is 19.1. The summed E-state index contributed by atoms with van der Waals surface area (Å²) in [5.41, 5.74) is -0.307. The van der Waals surface area contributed by atoms with Crippen LogP contribution in [0.2, 0.25) is 0 Å². The molecule has 0 N–H and O–H groups in total. The first-order valence-corrected chi connectivity index (χ1v) is 3.33. The monoisotopic (exact) mass is 180 g/mol. The third kappa shape index (κ3) is 1.79. The second-order valence-corrected chi connectivity index (χ2v) is 2.15. The van der Waals surface area contributed by atoms with Crippen LogP contribution < -0.4 is 0 Å². The second-order valence-electron chi connectivity index (χ2n) is 2.15. The van der Waals surface area contributed by atoms with E-state index < -0.39 is 11.8 Å². The molecule has 1 heterocycles. The van der Waals surface area contributed by atoms with E-state index >= 15 is 0 Å². The largest absolute Gasteiger partial charge is 0.465 e. The smallest absolute Gasteiger partial charge is 0.340 e. The Hall–Kier alpha value is -1.96. The minimum absolute atomic E-state index is 0.145. The summed E-state index contributed by atoms with van der Waals surface area (Å²) in [5.74, 6) is -1.46. The molecule has 0 unspecified atom stereocenters. The highest BCUT2D eigenvalue weighted by Crippen LogP contribution is 2.08. The molecule has 0 aromatic carbocycles. The van der Waals surface area contributed by atoms with Gasteiger partial charge >= 0.3 is 5.97 Å². The summed E-state index contributed by atoms with van der Waals surface area (Å²) >= 11 is 0. The molecular formula is C8H5FN2O2. The van der Waals surface area contributed by atoms with Gasteiger partial charge in [-0.25, -0.2) is 14.2 Å². The summed E-state index contributed by atoms with van der Waals surface area (Å²) in [7, 11) is 1.15. The van der Waals surface area contributed by atoms with Crippen LogP contribution in [0.1, 0.15) is 16.1 Å². The minimum atomic E-state index is -0.774. The zero-order valence-corrected chi connectivity index (χ0v) is 6.74. The lowest BCUT2D eigenvalue weighted by atomic mass is 10.2. The van der Waals surface area contributed by atoms with E-state index in [1.165, 1.54) is 0 Å². The molecule has 0 radical (unpaired) electrons. The topological polar surface area (TPSA) is 63.0 Å². The van der Waals surface area contributed by atoms with Crippen molar-refractivity contribution in [1.82, 2.24) is 4.98 Å². The van der Waals surface area contributed by atoms with Crippen LogP contribution in [0.15, 0.2) is 12.3 Å². The number of hydrogen-bond acceptors (Lipinski definition) is 4. The van der Waals surface area contributed by atoms with E-state index in [1.807, 2.05) is 0 Å². The average molecular weight is 180 g/mol. The first-order valence-electron chi connectivity index (χ1n) is 3.33. The molecule has 13 heavy (non-hydrogen) atoms. The molecule has 5 heteroatoms. The first kappa shape index (κ1) is 9.13. The number of carbonyl (C=O) groups excluding carboxylic acids is 1. The number of ether oxygens (including phenoxy) is 1. The molecule has 0 atom stereocenters. The molecule has 0 aliphatic rings. The van der Waals surface area contributed by atoms with Crippen molar-refractivity contribution in [2.45, 2.75) is 0 Å². The number of methoxy groups -OCH3 is 1. The van der Waals surface area contributed by atoms with Crippen molar-refractivity contribution in [3.05, 3.63) is 29.3 Å². The maximum atomic E-state index is 12.6. The Morgan fingerprint density at radius 2 is 2.46 bits per heavy atom. The molecule has 0 bridgehead atoms. The molecular weight excluding hydrogens is 175 g/mol. The van der Waals surface area contributed by atoms with Gasteiger partial charge in [0.15, 0.2) is 5.69 Å². The molecule has 0 fully saturated rings. The van der Waals surface area contributed by atoms with Crippen LogP contribution in [0, 0.1) is 17.1 Å². The SMILES string of the molecule is COC(=O)c1cc(F)cnc1C#N. The van der Waals surface area contributed by atoms with Gasteiger partial charge in [0.1, 0.15) is 11.9 Å². The van der Waals surface area contributed by atoms with Crippen LogP contribution in [0.25, 0.3) is 0 Å². The number of hydrogen-bond donors (Lipinski definition) is 0. The van der Waals surface area contributed by atoms with E-state index in [9.17, 15) is 9.18 Å². The van der Waals surface area contributed by atoms with Crippen molar-refractivity contribution in [3.63, 3.8) is 0 Å². The predicted molar refractivity (Wildman–Crippen MR) is 40.2 cm³/mol. The Kier molecular flexibility index (Phi) is 2.55. The molecule has 0 aliphatic carbocycles. The molecule has 0 saturated heterocycles. The average Bonchev–Trinajstić information content (AvgIpc) is 2.16. The van der Waals surface area contributed by atoms with Crippen LogP contribution in [-0.2, 0) is 4.74 Å². The highest BCUT2D eigenvalue weighted by molar-refractivity contribution is 5.91. The van der Waals surface area contributed by atoms with E-state index in [0.29, 0.717) is 0 Å². The first-order chi connectivity index (χ1) is 6.19. The van der Waals surface area contributed by atoms with Crippen LogP contribution in [-0.4, -0.2) is 18.1 Å². The third-order valence-electron chi connectivity index (χ3n) is 1.37. The summed E-state index contributed by atoms with van der Waals surface area (Å²) in [6, 6.07) is 2.57. The number of rotatable bonds is 1. The standard InChI is InChI=1S/C8H5FN2O2/c1-13-8(12)6-2-5(9)4-11-7(6)3-10/h2,4H,1H3. The lowest BCUT2D eigenvalue weighted by molar-refractivity contribution is 0.0599. The fourth-order valence-corrected chi connectivity index (χ4v) is 0.794. The zero-order valence-electron chi connectivity index (χ0n) is 6.74. The number of pyridine rings is 1.